The lowest BCUT2D eigenvalue weighted by Gasteiger charge is -2.23. The number of hydrogen-bond acceptors (Lipinski definition) is 2. The van der Waals surface area contributed by atoms with Crippen LogP contribution in [0.5, 0.6) is 0 Å². The van der Waals surface area contributed by atoms with Crippen molar-refractivity contribution in [3.05, 3.63) is 0 Å². The second-order valence-electron chi connectivity index (χ2n) is 5.98. The summed E-state index contributed by atoms with van der Waals surface area (Å²) >= 11 is 0. The zero-order chi connectivity index (χ0) is 12.1. The molecular formula is C13H26O2. The first-order valence-electron chi connectivity index (χ1n) is 5.89. The highest BCUT2D eigenvalue weighted by atomic mass is 16.5. The van der Waals surface area contributed by atoms with E-state index in [4.69, 9.17) is 4.74 Å². The molecule has 0 heterocycles. The Morgan fingerprint density at radius 1 is 1.20 bits per heavy atom. The molecule has 0 aromatic carbocycles. The maximum atomic E-state index is 11.2. The minimum absolute atomic E-state index is 0.0112. The zero-order valence-corrected chi connectivity index (χ0v) is 11.1. The summed E-state index contributed by atoms with van der Waals surface area (Å²) in [4.78, 5) is 11.2. The van der Waals surface area contributed by atoms with Gasteiger partial charge in [0.2, 0.25) is 0 Å². The van der Waals surface area contributed by atoms with E-state index in [0.29, 0.717) is 17.9 Å². The van der Waals surface area contributed by atoms with Gasteiger partial charge < -0.3 is 4.74 Å². The summed E-state index contributed by atoms with van der Waals surface area (Å²) < 4.78 is 5.15. The lowest BCUT2D eigenvalue weighted by Crippen LogP contribution is -2.16. The second kappa shape index (κ2) is 6.14. The summed E-state index contributed by atoms with van der Waals surface area (Å²) in [7, 11) is 0. The van der Waals surface area contributed by atoms with E-state index in [-0.39, 0.29) is 11.9 Å². The highest BCUT2D eigenvalue weighted by molar-refractivity contribution is 5.71. The highest BCUT2D eigenvalue weighted by Crippen LogP contribution is 2.25. The number of carbonyl (C=O) groups is 1. The van der Waals surface area contributed by atoms with Gasteiger partial charge >= 0.3 is 5.97 Å². The van der Waals surface area contributed by atoms with Gasteiger partial charge in [0, 0.05) is 0 Å². The second-order valence-corrected chi connectivity index (χ2v) is 5.98. The van der Waals surface area contributed by atoms with Gasteiger partial charge in [0.25, 0.3) is 0 Å². The van der Waals surface area contributed by atoms with Crippen LogP contribution in [-0.2, 0) is 9.53 Å². The van der Waals surface area contributed by atoms with Crippen molar-refractivity contribution < 1.29 is 9.53 Å². The molecule has 0 aliphatic rings. The van der Waals surface area contributed by atoms with Crippen molar-refractivity contribution in [3.8, 4) is 0 Å². The molecule has 0 aliphatic carbocycles. The van der Waals surface area contributed by atoms with Crippen molar-refractivity contribution >= 4 is 5.97 Å². The molecule has 0 saturated heterocycles. The Hall–Kier alpha value is -0.530. The first kappa shape index (κ1) is 14.5. The number of carbonyl (C=O) groups excluding carboxylic acids is 1. The Morgan fingerprint density at radius 2 is 1.73 bits per heavy atom. The number of hydrogen-bond donors (Lipinski definition) is 0. The normalized spacial score (nSPS) is 14.1. The van der Waals surface area contributed by atoms with E-state index < -0.39 is 0 Å². The van der Waals surface area contributed by atoms with Crippen LogP contribution in [0.1, 0.15) is 54.4 Å². The molecule has 0 rings (SSSR count). The van der Waals surface area contributed by atoms with Crippen molar-refractivity contribution in [2.75, 3.05) is 6.61 Å². The van der Waals surface area contributed by atoms with E-state index in [2.05, 4.69) is 27.7 Å². The van der Waals surface area contributed by atoms with Crippen LogP contribution >= 0.6 is 0 Å². The van der Waals surface area contributed by atoms with Gasteiger partial charge in [-0.3, -0.25) is 4.79 Å². The molecule has 0 N–H and O–H groups in total. The number of rotatable bonds is 5. The lowest BCUT2D eigenvalue weighted by molar-refractivity contribution is -0.147. The molecule has 1 atom stereocenters. The third kappa shape index (κ3) is 8.46. The standard InChI is InChI=1S/C13H26O2/c1-10(2)12(14)15-8-7-11(3)9-13(4,5)6/h10-11H,7-9H2,1-6H3. The van der Waals surface area contributed by atoms with Crippen molar-refractivity contribution in [1.29, 1.82) is 0 Å². The van der Waals surface area contributed by atoms with Gasteiger partial charge in [-0.2, -0.15) is 0 Å². The average Bonchev–Trinajstić information content (AvgIpc) is 2.00. The van der Waals surface area contributed by atoms with Gasteiger partial charge in [0.1, 0.15) is 0 Å². The molecule has 90 valence electrons. The summed E-state index contributed by atoms with van der Waals surface area (Å²) in [6, 6.07) is 0. The molecule has 0 fully saturated rings. The van der Waals surface area contributed by atoms with E-state index >= 15 is 0 Å². The van der Waals surface area contributed by atoms with Crippen LogP contribution in [0.4, 0.5) is 0 Å². The number of esters is 1. The maximum absolute atomic E-state index is 11.2. The summed E-state index contributed by atoms with van der Waals surface area (Å²) in [5, 5.41) is 0. The van der Waals surface area contributed by atoms with E-state index in [9.17, 15) is 4.79 Å². The summed E-state index contributed by atoms with van der Waals surface area (Å²) in [5.41, 5.74) is 0.363. The summed E-state index contributed by atoms with van der Waals surface area (Å²) in [6.07, 6.45) is 2.14. The molecule has 0 aliphatic heterocycles. The van der Waals surface area contributed by atoms with Gasteiger partial charge in [-0.1, -0.05) is 41.5 Å². The van der Waals surface area contributed by atoms with E-state index in [1.165, 1.54) is 6.42 Å². The van der Waals surface area contributed by atoms with Crippen LogP contribution < -0.4 is 0 Å². The topological polar surface area (TPSA) is 26.3 Å². The molecule has 0 saturated carbocycles. The SMILES string of the molecule is CC(CCOC(=O)C(C)C)CC(C)(C)C. The molecule has 15 heavy (non-hydrogen) atoms. The van der Waals surface area contributed by atoms with Crippen molar-refractivity contribution in [1.82, 2.24) is 0 Å². The molecular weight excluding hydrogens is 188 g/mol. The van der Waals surface area contributed by atoms with Crippen molar-refractivity contribution in [2.45, 2.75) is 54.4 Å². The Labute approximate surface area is 94.4 Å². The fourth-order valence-electron chi connectivity index (χ4n) is 1.67. The first-order valence-corrected chi connectivity index (χ1v) is 5.89. The van der Waals surface area contributed by atoms with Crippen LogP contribution in [0.25, 0.3) is 0 Å². The summed E-state index contributed by atoms with van der Waals surface area (Å²) in [5.74, 6) is 0.519. The molecule has 0 spiro atoms. The third-order valence-electron chi connectivity index (χ3n) is 2.29. The molecule has 1 unspecified atom stereocenters. The predicted molar refractivity (Wildman–Crippen MR) is 63.7 cm³/mol. The molecule has 0 amide bonds. The maximum Gasteiger partial charge on any atom is 0.308 e. The zero-order valence-electron chi connectivity index (χ0n) is 11.1. The van der Waals surface area contributed by atoms with E-state index in [1.54, 1.807) is 0 Å². The van der Waals surface area contributed by atoms with Crippen LogP contribution in [0.15, 0.2) is 0 Å². The van der Waals surface area contributed by atoms with Gasteiger partial charge in [0.05, 0.1) is 12.5 Å². The van der Waals surface area contributed by atoms with E-state index in [0.717, 1.165) is 6.42 Å². The van der Waals surface area contributed by atoms with Gasteiger partial charge in [-0.25, -0.2) is 0 Å². The van der Waals surface area contributed by atoms with E-state index in [1.807, 2.05) is 13.8 Å². The monoisotopic (exact) mass is 214 g/mol. The minimum atomic E-state index is -0.0852. The summed E-state index contributed by atoms with van der Waals surface area (Å²) in [6.45, 7) is 13.2. The Bertz CT molecular complexity index is 189. The van der Waals surface area contributed by atoms with Crippen LogP contribution in [0, 0.1) is 17.3 Å². The average molecular weight is 214 g/mol. The minimum Gasteiger partial charge on any atom is -0.465 e. The van der Waals surface area contributed by atoms with Crippen LogP contribution in [0.3, 0.4) is 0 Å². The Morgan fingerprint density at radius 3 is 2.13 bits per heavy atom. The molecule has 0 aromatic rings. The Balaban J connectivity index is 3.64. The first-order chi connectivity index (χ1) is 6.72. The van der Waals surface area contributed by atoms with Crippen LogP contribution in [-0.4, -0.2) is 12.6 Å². The largest absolute Gasteiger partial charge is 0.465 e. The smallest absolute Gasteiger partial charge is 0.308 e. The Kier molecular flexibility index (Phi) is 5.92. The van der Waals surface area contributed by atoms with Crippen molar-refractivity contribution in [3.63, 3.8) is 0 Å². The molecule has 2 heteroatoms. The van der Waals surface area contributed by atoms with Gasteiger partial charge in [-0.05, 0) is 24.2 Å². The molecule has 2 nitrogen and oxygen atoms in total. The van der Waals surface area contributed by atoms with Crippen molar-refractivity contribution in [2.24, 2.45) is 17.3 Å². The lowest BCUT2D eigenvalue weighted by atomic mass is 9.84. The van der Waals surface area contributed by atoms with Gasteiger partial charge in [-0.15, -0.1) is 0 Å². The van der Waals surface area contributed by atoms with Gasteiger partial charge in [0.15, 0.2) is 0 Å². The molecule has 0 aromatic heterocycles. The predicted octanol–water partition coefficient (Wildman–Crippen LogP) is 3.65. The quantitative estimate of drug-likeness (QED) is 0.653. The highest BCUT2D eigenvalue weighted by Gasteiger charge is 2.16. The fraction of sp³-hybridized carbons (Fsp3) is 0.923. The molecule has 0 bridgehead atoms. The third-order valence-corrected chi connectivity index (χ3v) is 2.29. The van der Waals surface area contributed by atoms with Crippen LogP contribution in [0.2, 0.25) is 0 Å². The number of ether oxygens (including phenoxy) is 1. The fourth-order valence-corrected chi connectivity index (χ4v) is 1.67. The molecule has 0 radical (unpaired) electrons.